The van der Waals surface area contributed by atoms with Crippen molar-refractivity contribution in [1.82, 2.24) is 4.90 Å². The van der Waals surface area contributed by atoms with Gasteiger partial charge in [-0.15, -0.1) is 0 Å². The van der Waals surface area contributed by atoms with Gasteiger partial charge in [-0.25, -0.2) is 9.69 Å². The molecule has 0 spiro atoms. The third-order valence-electron chi connectivity index (χ3n) is 3.87. The van der Waals surface area contributed by atoms with Gasteiger partial charge >= 0.3 is 6.03 Å². The van der Waals surface area contributed by atoms with Crippen LogP contribution in [-0.2, 0) is 4.79 Å². The average molecular weight is 255 g/mol. The number of hydrogen-bond acceptors (Lipinski definition) is 3. The molecular weight excluding hydrogens is 242 g/mol. The number of amides is 3. The molecule has 0 aromatic heterocycles. The Hall–Kier alpha value is -2.35. The van der Waals surface area contributed by atoms with Crippen molar-refractivity contribution in [3.63, 3.8) is 0 Å². The molecule has 2 fully saturated rings. The number of hydrogen-bond donors (Lipinski definition) is 0. The van der Waals surface area contributed by atoms with E-state index < -0.39 is 0 Å². The number of imide groups is 1. The molecule has 0 N–H and O–H groups in total. The number of carbonyl (C=O) groups is 2. The lowest BCUT2D eigenvalue weighted by Crippen LogP contribution is -2.33. The summed E-state index contributed by atoms with van der Waals surface area (Å²) >= 11 is 0. The minimum Gasteiger partial charge on any atom is -0.312 e. The molecule has 1 aromatic rings. The Morgan fingerprint density at radius 3 is 2.53 bits per heavy atom. The fourth-order valence-electron chi connectivity index (χ4n) is 2.82. The molecule has 0 radical (unpaired) electrons. The first kappa shape index (κ1) is 11.7. The molecule has 0 bridgehead atoms. The van der Waals surface area contributed by atoms with Crippen molar-refractivity contribution in [2.24, 2.45) is 5.92 Å². The minimum atomic E-state index is -0.317. The lowest BCUT2D eigenvalue weighted by molar-refractivity contribution is -0.120. The molecule has 2 saturated heterocycles. The molecule has 1 aromatic carbocycles. The lowest BCUT2D eigenvalue weighted by Gasteiger charge is -2.15. The molecule has 96 valence electrons. The monoisotopic (exact) mass is 255 g/mol. The van der Waals surface area contributed by atoms with Gasteiger partial charge in [0.25, 0.3) is 5.91 Å². The Morgan fingerprint density at radius 1 is 1.26 bits per heavy atom. The first-order valence-corrected chi connectivity index (χ1v) is 6.28. The maximum Gasteiger partial charge on any atom is 0.332 e. The van der Waals surface area contributed by atoms with E-state index >= 15 is 0 Å². The molecule has 19 heavy (non-hydrogen) atoms. The quantitative estimate of drug-likeness (QED) is 0.718. The number of nitrogens with zero attached hydrogens (tertiary/aromatic N) is 3. The van der Waals surface area contributed by atoms with Gasteiger partial charge in [0, 0.05) is 6.54 Å². The largest absolute Gasteiger partial charge is 0.332 e. The average Bonchev–Trinajstić information content (AvgIpc) is 2.91. The zero-order valence-corrected chi connectivity index (χ0v) is 10.5. The van der Waals surface area contributed by atoms with Crippen molar-refractivity contribution in [3.8, 4) is 6.07 Å². The molecule has 2 atom stereocenters. The second kappa shape index (κ2) is 4.09. The summed E-state index contributed by atoms with van der Waals surface area (Å²) in [4.78, 5) is 27.5. The zero-order chi connectivity index (χ0) is 13.6. The number of urea groups is 1. The van der Waals surface area contributed by atoms with Crippen molar-refractivity contribution < 1.29 is 9.59 Å². The summed E-state index contributed by atoms with van der Waals surface area (Å²) in [6, 6.07) is 7.96. The molecule has 0 aliphatic carbocycles. The van der Waals surface area contributed by atoms with E-state index in [4.69, 9.17) is 5.26 Å². The van der Waals surface area contributed by atoms with Gasteiger partial charge in [0.15, 0.2) is 0 Å². The van der Waals surface area contributed by atoms with Gasteiger partial charge in [-0.2, -0.15) is 5.26 Å². The van der Waals surface area contributed by atoms with Crippen molar-refractivity contribution in [2.45, 2.75) is 19.4 Å². The first-order valence-electron chi connectivity index (χ1n) is 6.28. The van der Waals surface area contributed by atoms with Crippen molar-refractivity contribution in [3.05, 3.63) is 29.8 Å². The standard InChI is InChI=1S/C14H13N3O2/c1-9-6-7-16-12(9)13(18)17(14(16)19)11-4-2-10(8-15)3-5-11/h2-5,9,12H,6-7H2,1H3. The Morgan fingerprint density at radius 2 is 1.95 bits per heavy atom. The topological polar surface area (TPSA) is 64.4 Å². The van der Waals surface area contributed by atoms with Crippen LogP contribution in [0, 0.1) is 17.2 Å². The maximum atomic E-state index is 12.4. The number of carbonyl (C=O) groups excluding carboxylic acids is 2. The molecule has 2 unspecified atom stereocenters. The second-order valence-corrected chi connectivity index (χ2v) is 5.02. The minimum absolute atomic E-state index is 0.153. The molecule has 2 aliphatic rings. The van der Waals surface area contributed by atoms with Gasteiger partial charge < -0.3 is 4.90 Å². The second-order valence-electron chi connectivity index (χ2n) is 5.02. The third kappa shape index (κ3) is 1.60. The Kier molecular flexibility index (Phi) is 2.53. The zero-order valence-electron chi connectivity index (χ0n) is 10.5. The number of nitriles is 1. The predicted molar refractivity (Wildman–Crippen MR) is 68.3 cm³/mol. The number of fused-ring (bicyclic) bond motifs is 1. The highest BCUT2D eigenvalue weighted by atomic mass is 16.2. The summed E-state index contributed by atoms with van der Waals surface area (Å²) in [6.45, 7) is 2.64. The summed E-state index contributed by atoms with van der Waals surface area (Å²) in [5.41, 5.74) is 1.05. The van der Waals surface area contributed by atoms with E-state index in [2.05, 4.69) is 0 Å². The molecule has 3 amide bonds. The molecule has 5 heteroatoms. The molecule has 2 aliphatic heterocycles. The summed E-state index contributed by atoms with van der Waals surface area (Å²) in [7, 11) is 0. The third-order valence-corrected chi connectivity index (χ3v) is 3.87. The Bertz CT molecular complexity index is 588. The summed E-state index contributed by atoms with van der Waals surface area (Å²) in [6.07, 6.45) is 0.878. The Balaban J connectivity index is 1.95. The van der Waals surface area contributed by atoms with E-state index in [1.54, 1.807) is 29.2 Å². The highest BCUT2D eigenvalue weighted by molar-refractivity contribution is 6.21. The summed E-state index contributed by atoms with van der Waals surface area (Å²) < 4.78 is 0. The number of benzene rings is 1. The molecular formula is C14H13N3O2. The smallest absolute Gasteiger partial charge is 0.312 e. The van der Waals surface area contributed by atoms with Crippen molar-refractivity contribution >= 4 is 17.6 Å². The molecule has 2 heterocycles. The predicted octanol–water partition coefficient (Wildman–Crippen LogP) is 1.74. The van der Waals surface area contributed by atoms with Gasteiger partial charge in [-0.3, -0.25) is 4.79 Å². The van der Waals surface area contributed by atoms with Crippen LogP contribution in [0.3, 0.4) is 0 Å². The highest BCUT2D eigenvalue weighted by Gasteiger charge is 2.51. The summed E-state index contributed by atoms with van der Waals surface area (Å²) in [5.74, 6) is 0.0551. The van der Waals surface area contributed by atoms with Gasteiger partial charge in [0.2, 0.25) is 0 Å². The van der Waals surface area contributed by atoms with Gasteiger partial charge in [0.05, 0.1) is 17.3 Å². The van der Waals surface area contributed by atoms with Crippen LogP contribution in [0.25, 0.3) is 0 Å². The van der Waals surface area contributed by atoms with Crippen LogP contribution in [0.2, 0.25) is 0 Å². The van der Waals surface area contributed by atoms with E-state index in [0.29, 0.717) is 17.8 Å². The van der Waals surface area contributed by atoms with E-state index in [0.717, 1.165) is 6.42 Å². The normalized spacial score (nSPS) is 25.7. The lowest BCUT2D eigenvalue weighted by atomic mass is 10.0. The van der Waals surface area contributed by atoms with Gasteiger partial charge in [-0.1, -0.05) is 6.92 Å². The van der Waals surface area contributed by atoms with E-state index in [9.17, 15) is 9.59 Å². The van der Waals surface area contributed by atoms with Crippen LogP contribution >= 0.6 is 0 Å². The van der Waals surface area contributed by atoms with E-state index in [1.165, 1.54) is 4.90 Å². The van der Waals surface area contributed by atoms with Crippen molar-refractivity contribution in [1.29, 1.82) is 5.26 Å². The fourth-order valence-corrected chi connectivity index (χ4v) is 2.82. The van der Waals surface area contributed by atoms with E-state index in [-0.39, 0.29) is 23.9 Å². The highest BCUT2D eigenvalue weighted by Crippen LogP contribution is 2.34. The first-order chi connectivity index (χ1) is 9.13. The van der Waals surface area contributed by atoms with Crippen LogP contribution in [0.5, 0.6) is 0 Å². The van der Waals surface area contributed by atoms with Crippen LogP contribution in [0.1, 0.15) is 18.9 Å². The molecule has 3 rings (SSSR count). The number of anilines is 1. The summed E-state index contributed by atoms with van der Waals surface area (Å²) in [5, 5.41) is 8.76. The Labute approximate surface area is 111 Å². The fraction of sp³-hybridized carbons (Fsp3) is 0.357. The van der Waals surface area contributed by atoms with Crippen LogP contribution in [-0.4, -0.2) is 29.4 Å². The van der Waals surface area contributed by atoms with Gasteiger partial charge in [-0.05, 0) is 36.6 Å². The van der Waals surface area contributed by atoms with E-state index in [1.807, 2.05) is 13.0 Å². The van der Waals surface area contributed by atoms with Crippen LogP contribution in [0.4, 0.5) is 10.5 Å². The maximum absolute atomic E-state index is 12.4. The molecule has 0 saturated carbocycles. The van der Waals surface area contributed by atoms with Crippen molar-refractivity contribution in [2.75, 3.05) is 11.4 Å². The van der Waals surface area contributed by atoms with Crippen LogP contribution in [0.15, 0.2) is 24.3 Å². The number of rotatable bonds is 1. The van der Waals surface area contributed by atoms with Gasteiger partial charge in [0.1, 0.15) is 6.04 Å². The van der Waals surface area contributed by atoms with Crippen LogP contribution < -0.4 is 4.90 Å². The molecule has 5 nitrogen and oxygen atoms in total. The SMILES string of the molecule is CC1CCN2C(=O)N(c3ccc(C#N)cc3)C(=O)C12.